The third-order valence-electron chi connectivity index (χ3n) is 4.69. The highest BCUT2D eigenvalue weighted by Crippen LogP contribution is 2.39. The fourth-order valence-electron chi connectivity index (χ4n) is 2.85. The molecule has 1 saturated carbocycles. The van der Waals surface area contributed by atoms with Crippen LogP contribution in [0.3, 0.4) is 0 Å². The summed E-state index contributed by atoms with van der Waals surface area (Å²) >= 11 is 0. The molecule has 3 amide bonds. The summed E-state index contributed by atoms with van der Waals surface area (Å²) in [6.07, 6.45) is 0.825. The average molecular weight is 374 g/mol. The van der Waals surface area contributed by atoms with Crippen LogP contribution in [0.1, 0.15) is 24.9 Å². The fraction of sp³-hybridized carbons (Fsp3) is 0.474. The Morgan fingerprint density at radius 1 is 1.19 bits per heavy atom. The van der Waals surface area contributed by atoms with E-state index in [1.54, 1.807) is 44.4 Å². The molecule has 0 heterocycles. The minimum absolute atomic E-state index is 0.0252. The minimum Gasteiger partial charge on any atom is -0.347 e. The van der Waals surface area contributed by atoms with Gasteiger partial charge in [0.25, 0.3) is 5.91 Å². The van der Waals surface area contributed by atoms with Crippen molar-refractivity contribution < 1.29 is 19.2 Å². The van der Waals surface area contributed by atoms with Crippen molar-refractivity contribution in [2.75, 3.05) is 20.6 Å². The summed E-state index contributed by atoms with van der Waals surface area (Å²) in [5.74, 6) is -2.12. The fourth-order valence-corrected chi connectivity index (χ4v) is 2.85. The van der Waals surface area contributed by atoms with Crippen LogP contribution in [-0.4, -0.2) is 55.1 Å². The molecule has 4 unspecified atom stereocenters. The van der Waals surface area contributed by atoms with Crippen LogP contribution in [0.4, 0.5) is 0 Å². The first-order chi connectivity index (χ1) is 12.7. The van der Waals surface area contributed by atoms with Crippen molar-refractivity contribution in [1.29, 1.82) is 0 Å². The van der Waals surface area contributed by atoms with Crippen LogP contribution in [-0.2, 0) is 19.2 Å². The number of carbonyl (C=O) groups excluding carboxylic acids is 4. The first-order valence-electron chi connectivity index (χ1n) is 8.85. The molecular formula is C19H26N4O4. The maximum atomic E-state index is 12.4. The monoisotopic (exact) mass is 374 g/mol. The third-order valence-corrected chi connectivity index (χ3v) is 4.69. The Morgan fingerprint density at radius 2 is 1.78 bits per heavy atom. The van der Waals surface area contributed by atoms with E-state index in [4.69, 9.17) is 5.73 Å². The van der Waals surface area contributed by atoms with Crippen molar-refractivity contribution >= 4 is 23.5 Å². The Morgan fingerprint density at radius 3 is 2.30 bits per heavy atom. The predicted molar refractivity (Wildman–Crippen MR) is 99.3 cm³/mol. The van der Waals surface area contributed by atoms with Crippen LogP contribution < -0.4 is 16.4 Å². The highest BCUT2D eigenvalue weighted by atomic mass is 16.2. The molecule has 1 aliphatic rings. The number of amides is 3. The molecule has 1 aromatic rings. The van der Waals surface area contributed by atoms with Crippen LogP contribution in [0.15, 0.2) is 30.3 Å². The van der Waals surface area contributed by atoms with Crippen molar-refractivity contribution in [2.45, 2.75) is 25.4 Å². The Hall–Kier alpha value is -2.74. The van der Waals surface area contributed by atoms with Gasteiger partial charge in [-0.25, -0.2) is 0 Å². The van der Waals surface area contributed by atoms with Gasteiger partial charge < -0.3 is 21.3 Å². The summed E-state index contributed by atoms with van der Waals surface area (Å²) < 4.78 is 0. The number of ketones is 1. The Kier molecular flexibility index (Phi) is 6.68. The molecule has 0 bridgehead atoms. The summed E-state index contributed by atoms with van der Waals surface area (Å²) in [6.45, 7) is 1.55. The van der Waals surface area contributed by atoms with Crippen LogP contribution in [0.2, 0.25) is 0 Å². The summed E-state index contributed by atoms with van der Waals surface area (Å²) in [4.78, 5) is 49.9. The van der Waals surface area contributed by atoms with Gasteiger partial charge in [0.15, 0.2) is 0 Å². The average Bonchev–Trinajstić information content (AvgIpc) is 3.39. The van der Waals surface area contributed by atoms with E-state index in [2.05, 4.69) is 10.6 Å². The third kappa shape index (κ3) is 5.37. The van der Waals surface area contributed by atoms with E-state index in [0.29, 0.717) is 11.5 Å². The van der Waals surface area contributed by atoms with Crippen LogP contribution in [0.25, 0.3) is 0 Å². The first kappa shape index (κ1) is 20.6. The largest absolute Gasteiger partial charge is 0.347 e. The molecule has 146 valence electrons. The molecule has 1 aromatic carbocycles. The second kappa shape index (κ2) is 8.77. The first-order valence-corrected chi connectivity index (χ1v) is 8.85. The number of carbonyl (C=O) groups is 4. The van der Waals surface area contributed by atoms with Crippen molar-refractivity contribution in [3.63, 3.8) is 0 Å². The quantitative estimate of drug-likeness (QED) is 0.535. The molecule has 0 spiro atoms. The van der Waals surface area contributed by atoms with Crippen molar-refractivity contribution in [2.24, 2.45) is 17.6 Å². The molecule has 4 N–H and O–H groups in total. The molecule has 0 aliphatic heterocycles. The van der Waals surface area contributed by atoms with Gasteiger partial charge in [-0.2, -0.15) is 0 Å². The number of likely N-dealkylation sites (N-methyl/N-ethyl adjacent to an activating group) is 1. The maximum Gasteiger partial charge on any atom is 0.289 e. The van der Waals surface area contributed by atoms with E-state index in [1.807, 2.05) is 6.92 Å². The Bertz CT molecular complexity index is 720. The lowest BCUT2D eigenvalue weighted by Crippen LogP contribution is -2.48. The number of nitrogens with one attached hydrogen (secondary N) is 2. The topological polar surface area (TPSA) is 122 Å². The van der Waals surface area contributed by atoms with E-state index in [-0.39, 0.29) is 11.8 Å². The summed E-state index contributed by atoms with van der Waals surface area (Å²) in [6, 6.07) is 7.06. The second-order valence-corrected chi connectivity index (χ2v) is 7.09. The SMILES string of the molecule is CC1CC1C(N)C(=O)C(=O)NCC(=O)NC(C(=O)N(C)C)c1ccccc1. The molecule has 2 rings (SSSR count). The Balaban J connectivity index is 1.92. The molecule has 8 nitrogen and oxygen atoms in total. The van der Waals surface area contributed by atoms with Crippen LogP contribution in [0.5, 0.6) is 0 Å². The van der Waals surface area contributed by atoms with Crippen LogP contribution in [0, 0.1) is 11.8 Å². The van der Waals surface area contributed by atoms with Gasteiger partial charge in [-0.15, -0.1) is 0 Å². The summed E-state index contributed by atoms with van der Waals surface area (Å²) in [5.41, 5.74) is 6.41. The van der Waals surface area contributed by atoms with Gasteiger partial charge in [-0.3, -0.25) is 19.2 Å². The normalized spacial score (nSPS) is 20.1. The highest BCUT2D eigenvalue weighted by Gasteiger charge is 2.42. The molecule has 8 heteroatoms. The molecule has 0 radical (unpaired) electrons. The van der Waals surface area contributed by atoms with Crippen LogP contribution >= 0.6 is 0 Å². The van der Waals surface area contributed by atoms with E-state index in [0.717, 1.165) is 6.42 Å². The lowest BCUT2D eigenvalue weighted by molar-refractivity contribution is -0.139. The number of nitrogens with two attached hydrogens (primary N) is 1. The molecule has 0 aromatic heterocycles. The summed E-state index contributed by atoms with van der Waals surface area (Å²) in [5, 5.41) is 4.87. The number of benzene rings is 1. The van der Waals surface area contributed by atoms with Gasteiger partial charge in [0.05, 0.1) is 12.6 Å². The van der Waals surface area contributed by atoms with Gasteiger partial charge in [0, 0.05) is 14.1 Å². The lowest BCUT2D eigenvalue weighted by atomic mass is 10.1. The molecule has 1 aliphatic carbocycles. The zero-order valence-electron chi connectivity index (χ0n) is 15.8. The molecule has 0 saturated heterocycles. The van der Waals surface area contributed by atoms with Crippen molar-refractivity contribution in [3.05, 3.63) is 35.9 Å². The molecule has 1 fully saturated rings. The number of rotatable bonds is 8. The van der Waals surface area contributed by atoms with Gasteiger partial charge in [0.1, 0.15) is 6.04 Å². The molecule has 4 atom stereocenters. The van der Waals surface area contributed by atoms with Gasteiger partial charge in [-0.1, -0.05) is 37.3 Å². The number of Topliss-reactive ketones (excluding diaryl/α,β-unsaturated/α-hetero) is 1. The number of hydrogen-bond acceptors (Lipinski definition) is 5. The van der Waals surface area contributed by atoms with Gasteiger partial charge in [0.2, 0.25) is 17.6 Å². The van der Waals surface area contributed by atoms with E-state index in [1.165, 1.54) is 4.90 Å². The zero-order chi connectivity index (χ0) is 20.1. The maximum absolute atomic E-state index is 12.4. The smallest absolute Gasteiger partial charge is 0.289 e. The minimum atomic E-state index is -0.882. The molecule has 27 heavy (non-hydrogen) atoms. The number of nitrogens with zero attached hydrogens (tertiary/aromatic N) is 1. The standard InChI is InChI=1S/C19H26N4O4/c1-11-9-13(11)15(20)17(25)18(26)21-10-14(24)22-16(19(27)23(2)3)12-7-5-4-6-8-12/h4-8,11,13,15-16H,9-10,20H2,1-3H3,(H,21,26)(H,22,24). The molecular weight excluding hydrogens is 348 g/mol. The van der Waals surface area contributed by atoms with Crippen molar-refractivity contribution in [1.82, 2.24) is 15.5 Å². The highest BCUT2D eigenvalue weighted by molar-refractivity contribution is 6.38. The summed E-state index contributed by atoms with van der Waals surface area (Å²) in [7, 11) is 3.18. The zero-order valence-corrected chi connectivity index (χ0v) is 15.8. The van der Waals surface area contributed by atoms with Gasteiger partial charge >= 0.3 is 0 Å². The lowest BCUT2D eigenvalue weighted by Gasteiger charge is -2.22. The van der Waals surface area contributed by atoms with Crippen molar-refractivity contribution in [3.8, 4) is 0 Å². The number of hydrogen-bond donors (Lipinski definition) is 3. The van der Waals surface area contributed by atoms with E-state index in [9.17, 15) is 19.2 Å². The predicted octanol–water partition coefficient (Wildman–Crippen LogP) is -0.399. The van der Waals surface area contributed by atoms with E-state index >= 15 is 0 Å². The Labute approximate surface area is 158 Å². The van der Waals surface area contributed by atoms with E-state index < -0.39 is 36.2 Å². The second-order valence-electron chi connectivity index (χ2n) is 7.09. The van der Waals surface area contributed by atoms with Gasteiger partial charge in [-0.05, 0) is 23.8 Å².